The number of aliphatic hydroxyl groups is 1. The highest BCUT2D eigenvalue weighted by Gasteiger charge is 2.29. The smallest absolute Gasteiger partial charge is 0.293 e. The molecule has 1 N–H and O–H groups in total. The number of rotatable bonds is 5. The van der Waals surface area contributed by atoms with Crippen molar-refractivity contribution in [2.75, 3.05) is 24.7 Å². The quantitative estimate of drug-likeness (QED) is 0.506. The summed E-state index contributed by atoms with van der Waals surface area (Å²) in [5, 5.41) is 21.0. The second-order valence-corrected chi connectivity index (χ2v) is 5.52. The molecule has 7 heteroatoms. The van der Waals surface area contributed by atoms with E-state index >= 15 is 0 Å². The monoisotopic (exact) mass is 308 g/mol. The number of morpholine rings is 1. The lowest BCUT2D eigenvalue weighted by molar-refractivity contribution is -0.384. The SMILES string of the molecule is CC(=O)c1ccc(N2CCOCC2CC(C)O)c([N+](=O)[O-])c1. The van der Waals surface area contributed by atoms with E-state index < -0.39 is 11.0 Å². The van der Waals surface area contributed by atoms with Gasteiger partial charge in [-0.3, -0.25) is 14.9 Å². The highest BCUT2D eigenvalue weighted by atomic mass is 16.6. The van der Waals surface area contributed by atoms with Gasteiger partial charge >= 0.3 is 0 Å². The maximum absolute atomic E-state index is 11.4. The Kier molecular flexibility index (Phi) is 5.10. The number of ketones is 1. The number of hydrogen-bond acceptors (Lipinski definition) is 6. The number of ether oxygens (including phenoxy) is 1. The van der Waals surface area contributed by atoms with Crippen molar-refractivity contribution in [3.8, 4) is 0 Å². The van der Waals surface area contributed by atoms with Crippen molar-refractivity contribution >= 4 is 17.2 Å². The van der Waals surface area contributed by atoms with E-state index in [-0.39, 0.29) is 17.5 Å². The van der Waals surface area contributed by atoms with Crippen molar-refractivity contribution in [3.63, 3.8) is 0 Å². The molecule has 120 valence electrons. The van der Waals surface area contributed by atoms with Gasteiger partial charge < -0.3 is 14.7 Å². The van der Waals surface area contributed by atoms with E-state index in [0.29, 0.717) is 37.4 Å². The first-order chi connectivity index (χ1) is 10.4. The van der Waals surface area contributed by atoms with E-state index in [0.717, 1.165) is 0 Å². The molecule has 0 bridgehead atoms. The Hall–Kier alpha value is -1.99. The van der Waals surface area contributed by atoms with Gasteiger partial charge in [-0.2, -0.15) is 0 Å². The van der Waals surface area contributed by atoms with Crippen LogP contribution >= 0.6 is 0 Å². The molecule has 1 aromatic rings. The van der Waals surface area contributed by atoms with Crippen LogP contribution in [0.2, 0.25) is 0 Å². The molecule has 2 atom stereocenters. The van der Waals surface area contributed by atoms with Gasteiger partial charge in [0.1, 0.15) is 5.69 Å². The van der Waals surface area contributed by atoms with Gasteiger partial charge in [0.25, 0.3) is 5.69 Å². The lowest BCUT2D eigenvalue weighted by Gasteiger charge is -2.37. The zero-order valence-electron chi connectivity index (χ0n) is 12.7. The molecule has 0 radical (unpaired) electrons. The number of nitrogens with zero attached hydrogens (tertiary/aromatic N) is 2. The van der Waals surface area contributed by atoms with Crippen LogP contribution in [0.15, 0.2) is 18.2 Å². The second-order valence-electron chi connectivity index (χ2n) is 5.52. The number of benzene rings is 1. The van der Waals surface area contributed by atoms with Crippen molar-refractivity contribution < 1.29 is 19.6 Å². The third kappa shape index (κ3) is 3.61. The molecule has 1 fully saturated rings. The number of nitro benzene ring substituents is 1. The minimum Gasteiger partial charge on any atom is -0.393 e. The zero-order valence-corrected chi connectivity index (χ0v) is 12.7. The molecule has 2 unspecified atom stereocenters. The molecule has 22 heavy (non-hydrogen) atoms. The first kappa shape index (κ1) is 16.4. The van der Waals surface area contributed by atoms with Crippen LogP contribution in [0.5, 0.6) is 0 Å². The van der Waals surface area contributed by atoms with Gasteiger partial charge in [0.15, 0.2) is 5.78 Å². The predicted octanol–water partition coefficient (Wildman–Crippen LogP) is 1.77. The van der Waals surface area contributed by atoms with E-state index in [9.17, 15) is 20.0 Å². The second kappa shape index (κ2) is 6.85. The fourth-order valence-electron chi connectivity index (χ4n) is 2.69. The summed E-state index contributed by atoms with van der Waals surface area (Å²) in [6.45, 7) is 4.46. The molecule has 1 saturated heterocycles. The van der Waals surface area contributed by atoms with E-state index in [1.165, 1.54) is 13.0 Å². The van der Waals surface area contributed by atoms with E-state index in [1.54, 1.807) is 19.1 Å². The van der Waals surface area contributed by atoms with Gasteiger partial charge in [-0.05, 0) is 32.4 Å². The first-order valence-electron chi connectivity index (χ1n) is 7.22. The van der Waals surface area contributed by atoms with Crippen LogP contribution < -0.4 is 4.90 Å². The zero-order chi connectivity index (χ0) is 16.3. The van der Waals surface area contributed by atoms with Gasteiger partial charge in [0.2, 0.25) is 0 Å². The largest absolute Gasteiger partial charge is 0.393 e. The normalized spacial score (nSPS) is 19.8. The Morgan fingerprint density at radius 2 is 2.32 bits per heavy atom. The third-order valence-corrected chi connectivity index (χ3v) is 3.73. The average Bonchev–Trinajstić information content (AvgIpc) is 2.46. The summed E-state index contributed by atoms with van der Waals surface area (Å²) in [7, 11) is 0. The molecule has 7 nitrogen and oxygen atoms in total. The average molecular weight is 308 g/mol. The molecule has 1 aliphatic rings. The van der Waals surface area contributed by atoms with Gasteiger partial charge in [0, 0.05) is 18.2 Å². The Balaban J connectivity index is 2.40. The Morgan fingerprint density at radius 3 is 2.91 bits per heavy atom. The van der Waals surface area contributed by atoms with Crippen LogP contribution in [-0.2, 0) is 4.74 Å². The number of Topliss-reactive ketones (excluding diaryl/α,β-unsaturated/α-hetero) is 1. The van der Waals surface area contributed by atoms with Crippen LogP contribution in [0.3, 0.4) is 0 Å². The van der Waals surface area contributed by atoms with Crippen LogP contribution in [0.1, 0.15) is 30.6 Å². The fourth-order valence-corrected chi connectivity index (χ4v) is 2.69. The molecule has 2 rings (SSSR count). The molecule has 0 aromatic heterocycles. The minimum atomic E-state index is -0.523. The molecule has 0 spiro atoms. The Bertz CT molecular complexity index is 573. The van der Waals surface area contributed by atoms with Crippen LogP contribution in [0.4, 0.5) is 11.4 Å². The highest BCUT2D eigenvalue weighted by Crippen LogP contribution is 2.32. The molecular formula is C15H20N2O5. The number of aliphatic hydroxyl groups excluding tert-OH is 1. The summed E-state index contributed by atoms with van der Waals surface area (Å²) in [5.74, 6) is -0.211. The highest BCUT2D eigenvalue weighted by molar-refractivity contribution is 5.95. The summed E-state index contributed by atoms with van der Waals surface area (Å²) in [5.41, 5.74) is 0.685. The number of anilines is 1. The number of carbonyl (C=O) groups is 1. The molecule has 0 aliphatic carbocycles. The number of carbonyl (C=O) groups excluding carboxylic acids is 1. The first-order valence-corrected chi connectivity index (χ1v) is 7.22. The number of hydrogen-bond donors (Lipinski definition) is 1. The van der Waals surface area contributed by atoms with Crippen molar-refractivity contribution in [1.82, 2.24) is 0 Å². The maximum Gasteiger partial charge on any atom is 0.293 e. The van der Waals surface area contributed by atoms with E-state index in [4.69, 9.17) is 4.74 Å². The molecule has 0 amide bonds. The summed E-state index contributed by atoms with van der Waals surface area (Å²) in [6, 6.07) is 4.39. The number of nitro groups is 1. The van der Waals surface area contributed by atoms with E-state index in [2.05, 4.69) is 0 Å². The minimum absolute atomic E-state index is 0.0924. The van der Waals surface area contributed by atoms with Crippen LogP contribution in [0.25, 0.3) is 0 Å². The summed E-state index contributed by atoms with van der Waals surface area (Å²) in [4.78, 5) is 24.2. The van der Waals surface area contributed by atoms with Crippen molar-refractivity contribution in [1.29, 1.82) is 0 Å². The van der Waals surface area contributed by atoms with E-state index in [1.807, 2.05) is 4.90 Å². The van der Waals surface area contributed by atoms with Crippen molar-refractivity contribution in [2.45, 2.75) is 32.4 Å². The Labute approximate surface area is 128 Å². The molecule has 0 saturated carbocycles. The van der Waals surface area contributed by atoms with Crippen LogP contribution in [-0.4, -0.2) is 47.7 Å². The lowest BCUT2D eigenvalue weighted by Crippen LogP contribution is -2.47. The van der Waals surface area contributed by atoms with Crippen molar-refractivity contribution in [3.05, 3.63) is 33.9 Å². The molecule has 1 heterocycles. The summed E-state index contributed by atoms with van der Waals surface area (Å²) >= 11 is 0. The van der Waals surface area contributed by atoms with Gasteiger partial charge in [-0.1, -0.05) is 0 Å². The van der Waals surface area contributed by atoms with Gasteiger partial charge in [-0.25, -0.2) is 0 Å². The van der Waals surface area contributed by atoms with Gasteiger partial charge in [-0.15, -0.1) is 0 Å². The van der Waals surface area contributed by atoms with Crippen molar-refractivity contribution in [2.24, 2.45) is 0 Å². The summed E-state index contributed by atoms with van der Waals surface area (Å²) in [6.07, 6.45) is -0.0595. The molecule has 1 aromatic carbocycles. The fraction of sp³-hybridized carbons (Fsp3) is 0.533. The van der Waals surface area contributed by atoms with Crippen LogP contribution in [0, 0.1) is 10.1 Å². The topological polar surface area (TPSA) is 92.9 Å². The lowest BCUT2D eigenvalue weighted by atomic mass is 10.0. The summed E-state index contributed by atoms with van der Waals surface area (Å²) < 4.78 is 5.42. The molecule has 1 aliphatic heterocycles. The van der Waals surface area contributed by atoms with Gasteiger partial charge in [0.05, 0.1) is 30.3 Å². The maximum atomic E-state index is 11.4. The third-order valence-electron chi connectivity index (χ3n) is 3.73. The predicted molar refractivity (Wildman–Crippen MR) is 81.4 cm³/mol. The standard InChI is InChI=1S/C15H20N2O5/c1-10(18)7-13-9-22-6-5-16(13)14-4-3-12(11(2)19)8-15(14)17(20)21/h3-4,8,10,13,18H,5-7,9H2,1-2H3. The Morgan fingerprint density at radius 1 is 1.59 bits per heavy atom. The molecular weight excluding hydrogens is 288 g/mol.